The average Bonchev–Trinajstić information content (AvgIpc) is 2.78. The van der Waals surface area contributed by atoms with E-state index in [1.54, 1.807) is 11.3 Å². The van der Waals surface area contributed by atoms with Gasteiger partial charge in [0.05, 0.1) is 10.7 Å². The molecule has 0 amide bonds. The molecule has 0 saturated heterocycles. The summed E-state index contributed by atoms with van der Waals surface area (Å²) in [5.74, 6) is 0.685. The molecule has 0 aliphatic heterocycles. The molecule has 102 valence electrons. The van der Waals surface area contributed by atoms with Crippen molar-refractivity contribution in [3.8, 4) is 0 Å². The van der Waals surface area contributed by atoms with Crippen LogP contribution in [0.4, 0.5) is 5.69 Å². The van der Waals surface area contributed by atoms with Crippen molar-refractivity contribution in [2.24, 2.45) is 5.92 Å². The number of nitrogens with zero attached hydrogens (tertiary/aromatic N) is 1. The van der Waals surface area contributed by atoms with E-state index >= 15 is 0 Å². The number of benzene rings is 1. The van der Waals surface area contributed by atoms with Gasteiger partial charge in [-0.05, 0) is 25.0 Å². The van der Waals surface area contributed by atoms with Crippen LogP contribution in [0.15, 0.2) is 29.6 Å². The first kappa shape index (κ1) is 14.1. The van der Waals surface area contributed by atoms with E-state index in [4.69, 9.17) is 0 Å². The highest BCUT2D eigenvalue weighted by atomic mass is 32.1. The molecule has 19 heavy (non-hydrogen) atoms. The lowest BCUT2D eigenvalue weighted by Crippen LogP contribution is -2.05. The van der Waals surface area contributed by atoms with Gasteiger partial charge < -0.3 is 5.32 Å². The Morgan fingerprint density at radius 1 is 1.21 bits per heavy atom. The molecule has 0 saturated carbocycles. The fourth-order valence-corrected chi connectivity index (χ4v) is 2.96. The maximum absolute atomic E-state index is 4.67. The van der Waals surface area contributed by atoms with Gasteiger partial charge in [-0.25, -0.2) is 4.98 Å². The minimum atomic E-state index is 0.685. The quantitative estimate of drug-likeness (QED) is 0.849. The number of hydrogen-bond donors (Lipinski definition) is 1. The van der Waals surface area contributed by atoms with E-state index < -0.39 is 0 Å². The lowest BCUT2D eigenvalue weighted by molar-refractivity contribution is 0.643. The van der Waals surface area contributed by atoms with E-state index in [9.17, 15) is 0 Å². The minimum absolute atomic E-state index is 0.685. The Morgan fingerprint density at radius 3 is 2.63 bits per heavy atom. The zero-order chi connectivity index (χ0) is 13.7. The van der Waals surface area contributed by atoms with Crippen LogP contribution in [0.3, 0.4) is 0 Å². The Bertz CT molecular complexity index is 500. The molecular weight excluding hydrogens is 252 g/mol. The summed E-state index contributed by atoms with van der Waals surface area (Å²) in [5.41, 5.74) is 3.69. The van der Waals surface area contributed by atoms with E-state index in [0.717, 1.165) is 19.4 Å². The smallest absolute Gasteiger partial charge is 0.0930 e. The van der Waals surface area contributed by atoms with Gasteiger partial charge in [0.1, 0.15) is 0 Å². The first-order chi connectivity index (χ1) is 9.13. The number of hydrogen-bond acceptors (Lipinski definition) is 3. The lowest BCUT2D eigenvalue weighted by Gasteiger charge is -2.05. The molecule has 0 spiro atoms. The Morgan fingerprint density at radius 2 is 1.95 bits per heavy atom. The highest BCUT2D eigenvalue weighted by Crippen LogP contribution is 2.15. The van der Waals surface area contributed by atoms with Crippen molar-refractivity contribution in [2.75, 3.05) is 11.9 Å². The van der Waals surface area contributed by atoms with Crippen molar-refractivity contribution >= 4 is 17.0 Å². The average molecular weight is 274 g/mol. The van der Waals surface area contributed by atoms with Gasteiger partial charge in [-0.15, -0.1) is 11.3 Å². The maximum Gasteiger partial charge on any atom is 0.0930 e. The highest BCUT2D eigenvalue weighted by Gasteiger charge is 2.04. The summed E-state index contributed by atoms with van der Waals surface area (Å²) in [6.07, 6.45) is 2.08. The molecule has 0 aliphatic carbocycles. The number of aryl methyl sites for hydroxylation is 1. The molecule has 1 aromatic carbocycles. The molecule has 2 aromatic rings. The van der Waals surface area contributed by atoms with Crippen LogP contribution in [0.1, 0.15) is 30.1 Å². The fourth-order valence-electron chi connectivity index (χ4n) is 1.91. The molecular formula is C16H22N2S. The van der Waals surface area contributed by atoms with E-state index in [0.29, 0.717) is 5.92 Å². The predicted molar refractivity (Wildman–Crippen MR) is 84.0 cm³/mol. The molecule has 0 unspecified atom stereocenters. The summed E-state index contributed by atoms with van der Waals surface area (Å²) in [6, 6.07) is 8.51. The van der Waals surface area contributed by atoms with E-state index in [1.807, 2.05) is 0 Å². The van der Waals surface area contributed by atoms with E-state index in [2.05, 4.69) is 60.7 Å². The second-order valence-corrected chi connectivity index (χ2v) is 6.32. The SMILES string of the molecule is Cc1ccc(NCCc2csc(CC(C)C)n2)cc1. The molecule has 1 N–H and O–H groups in total. The standard InChI is InChI=1S/C16H22N2S/c1-12(2)10-16-18-15(11-19-16)8-9-17-14-6-4-13(3)5-7-14/h4-7,11-12,17H,8-10H2,1-3H3. The van der Waals surface area contributed by atoms with Gasteiger partial charge in [0.2, 0.25) is 0 Å². The zero-order valence-corrected chi connectivity index (χ0v) is 12.8. The van der Waals surface area contributed by atoms with Crippen molar-refractivity contribution in [2.45, 2.75) is 33.6 Å². The summed E-state index contributed by atoms with van der Waals surface area (Å²) < 4.78 is 0. The van der Waals surface area contributed by atoms with Gasteiger partial charge in [-0.1, -0.05) is 31.5 Å². The van der Waals surface area contributed by atoms with Crippen LogP contribution in [-0.4, -0.2) is 11.5 Å². The van der Waals surface area contributed by atoms with Crippen molar-refractivity contribution in [3.63, 3.8) is 0 Å². The number of thiazole rings is 1. The topological polar surface area (TPSA) is 24.9 Å². The molecule has 2 nitrogen and oxygen atoms in total. The molecule has 0 aliphatic rings. The number of rotatable bonds is 6. The fraction of sp³-hybridized carbons (Fsp3) is 0.438. The minimum Gasteiger partial charge on any atom is -0.385 e. The predicted octanol–water partition coefficient (Wildman–Crippen LogP) is 4.30. The van der Waals surface area contributed by atoms with Gasteiger partial charge in [0.15, 0.2) is 0 Å². The molecule has 0 atom stereocenters. The molecule has 0 radical (unpaired) electrons. The number of nitrogens with one attached hydrogen (secondary N) is 1. The van der Waals surface area contributed by atoms with Crippen molar-refractivity contribution in [1.29, 1.82) is 0 Å². The normalized spacial score (nSPS) is 10.9. The Kier molecular flexibility index (Phi) is 4.97. The third kappa shape index (κ3) is 4.67. The first-order valence-electron chi connectivity index (χ1n) is 6.87. The van der Waals surface area contributed by atoms with Crippen molar-refractivity contribution in [3.05, 3.63) is 45.9 Å². The summed E-state index contributed by atoms with van der Waals surface area (Å²) >= 11 is 1.79. The van der Waals surface area contributed by atoms with Crippen LogP contribution in [0.5, 0.6) is 0 Å². The second kappa shape index (κ2) is 6.71. The second-order valence-electron chi connectivity index (χ2n) is 5.37. The van der Waals surface area contributed by atoms with E-state index in [1.165, 1.54) is 22.0 Å². The van der Waals surface area contributed by atoms with Gasteiger partial charge in [0.25, 0.3) is 0 Å². The third-order valence-corrected chi connectivity index (χ3v) is 3.86. The summed E-state index contributed by atoms with van der Waals surface area (Å²) in [4.78, 5) is 4.67. The summed E-state index contributed by atoms with van der Waals surface area (Å²) in [5, 5.41) is 6.89. The monoisotopic (exact) mass is 274 g/mol. The Hall–Kier alpha value is -1.35. The Labute approximate surface area is 119 Å². The summed E-state index contributed by atoms with van der Waals surface area (Å²) in [7, 11) is 0. The molecule has 2 rings (SSSR count). The molecule has 0 fully saturated rings. The van der Waals surface area contributed by atoms with Crippen molar-refractivity contribution in [1.82, 2.24) is 4.98 Å². The molecule has 1 heterocycles. The van der Waals surface area contributed by atoms with Crippen LogP contribution in [-0.2, 0) is 12.8 Å². The molecule has 3 heteroatoms. The first-order valence-corrected chi connectivity index (χ1v) is 7.75. The van der Waals surface area contributed by atoms with Gasteiger partial charge in [-0.3, -0.25) is 0 Å². The van der Waals surface area contributed by atoms with Crippen LogP contribution >= 0.6 is 11.3 Å². The molecule has 1 aromatic heterocycles. The highest BCUT2D eigenvalue weighted by molar-refractivity contribution is 7.09. The number of aromatic nitrogens is 1. The zero-order valence-electron chi connectivity index (χ0n) is 11.9. The lowest BCUT2D eigenvalue weighted by atomic mass is 10.1. The van der Waals surface area contributed by atoms with Gasteiger partial charge in [0, 0.05) is 30.5 Å². The summed E-state index contributed by atoms with van der Waals surface area (Å²) in [6.45, 7) is 7.52. The Balaban J connectivity index is 1.79. The van der Waals surface area contributed by atoms with Crippen LogP contribution in [0.25, 0.3) is 0 Å². The van der Waals surface area contributed by atoms with Gasteiger partial charge in [-0.2, -0.15) is 0 Å². The largest absolute Gasteiger partial charge is 0.385 e. The van der Waals surface area contributed by atoms with Crippen LogP contribution in [0, 0.1) is 12.8 Å². The van der Waals surface area contributed by atoms with Crippen LogP contribution in [0.2, 0.25) is 0 Å². The van der Waals surface area contributed by atoms with E-state index in [-0.39, 0.29) is 0 Å². The third-order valence-electron chi connectivity index (χ3n) is 2.94. The maximum atomic E-state index is 4.67. The molecule has 0 bridgehead atoms. The number of anilines is 1. The van der Waals surface area contributed by atoms with Gasteiger partial charge >= 0.3 is 0 Å². The van der Waals surface area contributed by atoms with Crippen molar-refractivity contribution < 1.29 is 0 Å². The van der Waals surface area contributed by atoms with Crippen LogP contribution < -0.4 is 5.32 Å².